The van der Waals surface area contributed by atoms with Gasteiger partial charge in [0.05, 0.1) is 7.11 Å². The van der Waals surface area contributed by atoms with Gasteiger partial charge >= 0.3 is 11.8 Å². The number of carbonyl (C=O) groups excluding carboxylic acids is 1. The molecule has 198 valence electrons. The lowest BCUT2D eigenvalue weighted by Gasteiger charge is -2.51. The van der Waals surface area contributed by atoms with Gasteiger partial charge in [0.25, 0.3) is 23.1 Å². The largest absolute Gasteiger partial charge is 0.465 e. The molecule has 33 heavy (non-hydrogen) atoms. The molecule has 0 bridgehead atoms. The number of esters is 1. The van der Waals surface area contributed by atoms with E-state index in [0.29, 0.717) is 20.0 Å². The van der Waals surface area contributed by atoms with Crippen LogP contribution in [0.5, 0.6) is 0 Å². The summed E-state index contributed by atoms with van der Waals surface area (Å²) in [6.45, 7) is 2.08. The molecule has 0 radical (unpaired) electrons. The van der Waals surface area contributed by atoms with Gasteiger partial charge in [-0.15, -0.1) is 0 Å². The summed E-state index contributed by atoms with van der Waals surface area (Å²) in [6, 6.07) is 0. The summed E-state index contributed by atoms with van der Waals surface area (Å²) in [6.07, 6.45) is 5.90. The van der Waals surface area contributed by atoms with Crippen LogP contribution in [0, 0.1) is 0 Å². The van der Waals surface area contributed by atoms with Crippen LogP contribution < -0.4 is 0 Å². The fourth-order valence-corrected chi connectivity index (χ4v) is 3.15. The van der Waals surface area contributed by atoms with E-state index in [-0.39, 0.29) is 6.42 Å². The van der Waals surface area contributed by atoms with E-state index < -0.39 is 47.1 Å². The van der Waals surface area contributed by atoms with E-state index in [0.717, 1.165) is 38.5 Å². The lowest BCUT2D eigenvalue weighted by molar-refractivity contribution is -0.557. The van der Waals surface area contributed by atoms with Gasteiger partial charge in [-0.1, -0.05) is 58.3 Å². The molecule has 14 heteroatoms. The highest BCUT2D eigenvalue weighted by Gasteiger charge is 2.80. The van der Waals surface area contributed by atoms with Gasteiger partial charge in [-0.3, -0.25) is 0 Å². The summed E-state index contributed by atoms with van der Waals surface area (Å²) < 4.78 is 3.81. The van der Waals surface area contributed by atoms with Crippen LogP contribution in [0.15, 0.2) is 0 Å². The van der Waals surface area contributed by atoms with Gasteiger partial charge in [0.15, 0.2) is 0 Å². The molecule has 0 heterocycles. The summed E-state index contributed by atoms with van der Waals surface area (Å²) in [5.41, 5.74) is 0. The molecule has 0 fully saturated rings. The molecule has 12 N–H and O–H groups in total. The highest BCUT2D eigenvalue weighted by atomic mass is 16.7. The second-order valence-corrected chi connectivity index (χ2v) is 8.25. The van der Waals surface area contributed by atoms with Crippen LogP contribution in [-0.4, -0.2) is 109 Å². The van der Waals surface area contributed by atoms with Crippen molar-refractivity contribution in [3.8, 4) is 0 Å². The summed E-state index contributed by atoms with van der Waals surface area (Å²) >= 11 is 0. The third-order valence-electron chi connectivity index (χ3n) is 5.60. The van der Waals surface area contributed by atoms with Gasteiger partial charge in [0.1, 0.15) is 0 Å². The maximum absolute atomic E-state index is 11.4. The molecule has 0 saturated carbocycles. The van der Waals surface area contributed by atoms with Crippen molar-refractivity contribution >= 4 is 5.97 Å². The maximum Gasteiger partial charge on any atom is 0.372 e. The van der Waals surface area contributed by atoms with Crippen molar-refractivity contribution in [2.45, 2.75) is 106 Å². The molecule has 0 aliphatic carbocycles. The standard InChI is InChI=1S/C19H38O14/c1-3-4-5-6-7-8-9-10-11-12-14(21,22)16(25,26)18(29,30)19(31,32)17(27,28)15(23,24)13(20)33-2/h21-32H,3-12H2,1-2H3. The number of hydrogen-bond acceptors (Lipinski definition) is 14. The normalized spacial score (nSPS) is 14.5. The van der Waals surface area contributed by atoms with E-state index in [4.69, 9.17) is 0 Å². The van der Waals surface area contributed by atoms with Crippen LogP contribution in [0.25, 0.3) is 0 Å². The van der Waals surface area contributed by atoms with Gasteiger partial charge in [0.2, 0.25) is 5.79 Å². The van der Waals surface area contributed by atoms with Crippen molar-refractivity contribution < 1.29 is 70.8 Å². The highest BCUT2D eigenvalue weighted by molar-refractivity contribution is 5.78. The first-order valence-corrected chi connectivity index (χ1v) is 10.6. The Morgan fingerprint density at radius 3 is 1.33 bits per heavy atom. The molecule has 0 unspecified atom stereocenters. The Kier molecular flexibility index (Phi) is 11.3. The topological polar surface area (TPSA) is 269 Å². The minimum Gasteiger partial charge on any atom is -0.465 e. The van der Waals surface area contributed by atoms with E-state index in [1.54, 1.807) is 0 Å². The SMILES string of the molecule is CCCCCCCCCCCC(O)(O)C(O)(O)C(O)(O)C(O)(O)C(O)(O)C(O)(O)C(=O)OC. The van der Waals surface area contributed by atoms with E-state index in [1.807, 2.05) is 0 Å². The Balaban J connectivity index is 5.39. The van der Waals surface area contributed by atoms with Gasteiger partial charge in [-0.2, -0.15) is 0 Å². The smallest absolute Gasteiger partial charge is 0.372 e. The van der Waals surface area contributed by atoms with Crippen LogP contribution in [0.1, 0.15) is 71.1 Å². The molecule has 14 nitrogen and oxygen atoms in total. The van der Waals surface area contributed by atoms with Gasteiger partial charge in [-0.05, 0) is 6.42 Å². The molecule has 0 rings (SSSR count). The van der Waals surface area contributed by atoms with Crippen molar-refractivity contribution in [1.82, 2.24) is 0 Å². The van der Waals surface area contributed by atoms with Crippen LogP contribution in [0.3, 0.4) is 0 Å². The molecule has 0 aromatic carbocycles. The van der Waals surface area contributed by atoms with Crippen LogP contribution in [0.4, 0.5) is 0 Å². The lowest BCUT2D eigenvalue weighted by Crippen LogP contribution is -2.85. The Labute approximate surface area is 190 Å². The highest BCUT2D eigenvalue weighted by Crippen LogP contribution is 2.43. The molecule has 0 aliphatic rings. The monoisotopic (exact) mass is 490 g/mol. The van der Waals surface area contributed by atoms with E-state index >= 15 is 0 Å². The first-order chi connectivity index (χ1) is 14.8. The Morgan fingerprint density at radius 2 is 0.939 bits per heavy atom. The predicted molar refractivity (Wildman–Crippen MR) is 107 cm³/mol. The fourth-order valence-electron chi connectivity index (χ4n) is 3.15. The number of unbranched alkanes of at least 4 members (excludes halogenated alkanes) is 8. The van der Waals surface area contributed by atoms with Crippen molar-refractivity contribution in [3.05, 3.63) is 0 Å². The minimum absolute atomic E-state index is 0.125. The summed E-state index contributed by atoms with van der Waals surface area (Å²) in [4.78, 5) is 11.4. The lowest BCUT2D eigenvalue weighted by atomic mass is 9.80. The first-order valence-electron chi connectivity index (χ1n) is 10.6. The molecule has 0 atom stereocenters. The number of carbonyl (C=O) groups is 1. The van der Waals surface area contributed by atoms with Crippen molar-refractivity contribution in [1.29, 1.82) is 0 Å². The molecule has 0 aliphatic heterocycles. The zero-order chi connectivity index (χ0) is 26.4. The maximum atomic E-state index is 11.4. The average Bonchev–Trinajstić information content (AvgIpc) is 2.70. The number of methoxy groups -OCH3 is 1. The molecular weight excluding hydrogens is 452 g/mol. The molecule has 0 aromatic rings. The third kappa shape index (κ3) is 6.36. The predicted octanol–water partition coefficient (Wildman–Crippen LogP) is -3.83. The van der Waals surface area contributed by atoms with Crippen LogP contribution in [0.2, 0.25) is 0 Å². The van der Waals surface area contributed by atoms with Crippen molar-refractivity contribution in [2.75, 3.05) is 7.11 Å². The minimum atomic E-state index is -5.21. The first kappa shape index (κ1) is 32.0. The number of hydrogen-bond donors (Lipinski definition) is 12. The molecule has 0 saturated heterocycles. The molecular formula is C19H38O14. The second kappa shape index (κ2) is 11.6. The fraction of sp³-hybridized carbons (Fsp3) is 0.947. The van der Waals surface area contributed by atoms with E-state index in [1.165, 1.54) is 0 Å². The summed E-state index contributed by atoms with van der Waals surface area (Å²) in [5.74, 6) is -31.1. The Morgan fingerprint density at radius 1 is 0.576 bits per heavy atom. The zero-order valence-corrected chi connectivity index (χ0v) is 18.8. The van der Waals surface area contributed by atoms with Gasteiger partial charge in [0, 0.05) is 6.42 Å². The van der Waals surface area contributed by atoms with E-state index in [2.05, 4.69) is 11.7 Å². The summed E-state index contributed by atoms with van der Waals surface area (Å²) in [7, 11) is 0.501. The zero-order valence-electron chi connectivity index (χ0n) is 18.8. The van der Waals surface area contributed by atoms with Crippen LogP contribution >= 0.6 is 0 Å². The number of aliphatic hydroxyl groups is 12. The average molecular weight is 490 g/mol. The number of rotatable bonds is 16. The number of ether oxygens (including phenoxy) is 1. The quantitative estimate of drug-likeness (QED) is 0.0561. The van der Waals surface area contributed by atoms with Gasteiger partial charge in [-0.25, -0.2) is 4.79 Å². The summed E-state index contributed by atoms with van der Waals surface area (Å²) in [5, 5.41) is 118. The second-order valence-electron chi connectivity index (χ2n) is 8.25. The van der Waals surface area contributed by atoms with Crippen LogP contribution in [-0.2, 0) is 9.53 Å². The Bertz CT molecular complexity index is 612. The Hall–Kier alpha value is -1.01. The molecule has 0 spiro atoms. The molecule has 0 amide bonds. The van der Waals surface area contributed by atoms with E-state index in [9.17, 15) is 66.1 Å². The van der Waals surface area contributed by atoms with Crippen molar-refractivity contribution in [2.24, 2.45) is 0 Å². The molecule has 0 aromatic heterocycles. The van der Waals surface area contributed by atoms with Gasteiger partial charge < -0.3 is 66.0 Å². The third-order valence-corrected chi connectivity index (χ3v) is 5.60. The van der Waals surface area contributed by atoms with Crippen molar-refractivity contribution in [3.63, 3.8) is 0 Å².